The molecule has 0 fully saturated rings. The van der Waals surface area contributed by atoms with Crippen molar-refractivity contribution in [3.05, 3.63) is 41.1 Å². The number of oxazole rings is 1. The molecule has 0 saturated heterocycles. The molecule has 0 radical (unpaired) electrons. The molecule has 0 spiro atoms. The second-order valence-corrected chi connectivity index (χ2v) is 5.24. The largest absolute Gasteiger partial charge is 1.00 e. The number of aromatic nitrogens is 2. The van der Waals surface area contributed by atoms with Gasteiger partial charge in [-0.25, -0.2) is 9.55 Å². The molecule has 0 aliphatic heterocycles. The summed E-state index contributed by atoms with van der Waals surface area (Å²) in [5.41, 5.74) is 8.89. The van der Waals surface area contributed by atoms with E-state index in [1.807, 2.05) is 36.7 Å². The summed E-state index contributed by atoms with van der Waals surface area (Å²) < 4.78 is 8.83. The molecule has 1 aromatic carbocycles. The van der Waals surface area contributed by atoms with Crippen molar-refractivity contribution in [3.63, 3.8) is 0 Å². The van der Waals surface area contributed by atoms with Crippen molar-refractivity contribution in [1.82, 2.24) is 4.98 Å². The van der Waals surface area contributed by atoms with Gasteiger partial charge in [-0.2, -0.15) is 0 Å². The van der Waals surface area contributed by atoms with E-state index in [1.165, 1.54) is 0 Å². The number of pyridine rings is 1. The van der Waals surface area contributed by atoms with Crippen LogP contribution in [0.25, 0.3) is 22.6 Å². The van der Waals surface area contributed by atoms with Crippen LogP contribution in [-0.4, -0.2) is 4.98 Å². The Morgan fingerprint density at radius 1 is 1.30 bits per heavy atom. The molecule has 0 atom stereocenters. The van der Waals surface area contributed by atoms with Crippen LogP contribution in [-0.2, 0) is 6.54 Å². The van der Waals surface area contributed by atoms with Crippen LogP contribution in [0, 0.1) is 0 Å². The molecule has 0 aliphatic carbocycles. The molecule has 2 heterocycles. The van der Waals surface area contributed by atoms with Gasteiger partial charge in [-0.05, 0) is 47.1 Å². The fraction of sp³-hybridized carbons (Fsp3) is 0.143. The fourth-order valence-corrected chi connectivity index (χ4v) is 2.47. The first-order valence-corrected chi connectivity index (χ1v) is 6.81. The van der Waals surface area contributed by atoms with Gasteiger partial charge < -0.3 is 34.1 Å². The number of nitrogen functional groups attached to an aromatic ring is 1. The third kappa shape index (κ3) is 2.95. The molecule has 2 aromatic heterocycles. The first-order chi connectivity index (χ1) is 9.15. The second kappa shape index (κ2) is 6.09. The van der Waals surface area contributed by atoms with Gasteiger partial charge in [0.05, 0.1) is 4.47 Å². The van der Waals surface area contributed by atoms with E-state index < -0.39 is 0 Å². The molecule has 0 unspecified atom stereocenters. The minimum absolute atomic E-state index is 0. The van der Waals surface area contributed by atoms with Crippen LogP contribution >= 0.6 is 15.9 Å². The Labute approximate surface area is 142 Å². The molecule has 2 N–H and O–H groups in total. The number of halogens is 2. The van der Waals surface area contributed by atoms with E-state index in [1.54, 1.807) is 0 Å². The highest BCUT2D eigenvalue weighted by Gasteiger charge is 2.13. The van der Waals surface area contributed by atoms with E-state index in [0.717, 1.165) is 27.7 Å². The highest BCUT2D eigenvalue weighted by atomic mass is 127. The zero-order chi connectivity index (χ0) is 13.4. The van der Waals surface area contributed by atoms with Crippen LogP contribution in [0.2, 0.25) is 0 Å². The second-order valence-electron chi connectivity index (χ2n) is 4.32. The average Bonchev–Trinajstić information content (AvgIpc) is 2.80. The highest BCUT2D eigenvalue weighted by molar-refractivity contribution is 9.10. The van der Waals surface area contributed by atoms with E-state index in [-0.39, 0.29) is 24.0 Å². The number of aryl methyl sites for hydroxylation is 1. The number of nitrogens with two attached hydrogens (primary N) is 1. The minimum atomic E-state index is 0. The van der Waals surface area contributed by atoms with Gasteiger partial charge in [0, 0.05) is 5.69 Å². The summed E-state index contributed by atoms with van der Waals surface area (Å²) in [6.07, 6.45) is 4.03. The SMILES string of the molecule is CC[n+]1cc(Br)cc(-c2nc3cc(N)ccc3o2)c1.[I-]. The Kier molecular flexibility index (Phi) is 4.64. The maximum Gasteiger partial charge on any atom is 0.233 e. The average molecular weight is 446 g/mol. The van der Waals surface area contributed by atoms with Crippen molar-refractivity contribution in [1.29, 1.82) is 0 Å². The van der Waals surface area contributed by atoms with Gasteiger partial charge in [-0.1, -0.05) is 0 Å². The molecular weight excluding hydrogens is 433 g/mol. The van der Waals surface area contributed by atoms with Crippen LogP contribution in [0.4, 0.5) is 5.69 Å². The Balaban J connectivity index is 0.00000147. The molecular formula is C14H13BrIN3O. The number of hydrogen-bond acceptors (Lipinski definition) is 3. The predicted molar refractivity (Wildman–Crippen MR) is 77.4 cm³/mol. The van der Waals surface area contributed by atoms with Gasteiger partial charge in [0.15, 0.2) is 18.0 Å². The maximum atomic E-state index is 5.76. The molecule has 0 bridgehead atoms. The van der Waals surface area contributed by atoms with Crippen molar-refractivity contribution in [2.24, 2.45) is 0 Å². The first kappa shape index (κ1) is 15.2. The maximum absolute atomic E-state index is 5.76. The van der Waals surface area contributed by atoms with Gasteiger partial charge in [0.2, 0.25) is 5.89 Å². The minimum Gasteiger partial charge on any atom is -1.00 e. The summed E-state index contributed by atoms with van der Waals surface area (Å²) in [5, 5.41) is 0. The molecule has 104 valence electrons. The number of fused-ring (bicyclic) bond motifs is 1. The van der Waals surface area contributed by atoms with Gasteiger partial charge in [0.1, 0.15) is 17.6 Å². The van der Waals surface area contributed by atoms with E-state index >= 15 is 0 Å². The molecule has 6 heteroatoms. The Morgan fingerprint density at radius 3 is 2.85 bits per heavy atom. The third-order valence-electron chi connectivity index (χ3n) is 2.91. The summed E-state index contributed by atoms with van der Waals surface area (Å²) >= 11 is 3.50. The first-order valence-electron chi connectivity index (χ1n) is 6.02. The smallest absolute Gasteiger partial charge is 0.233 e. The lowest BCUT2D eigenvalue weighted by atomic mass is 10.3. The summed E-state index contributed by atoms with van der Waals surface area (Å²) in [6.45, 7) is 2.97. The molecule has 4 nitrogen and oxygen atoms in total. The van der Waals surface area contributed by atoms with Crippen LogP contribution in [0.5, 0.6) is 0 Å². The van der Waals surface area contributed by atoms with Crippen molar-refractivity contribution in [3.8, 4) is 11.5 Å². The van der Waals surface area contributed by atoms with Crippen LogP contribution in [0.1, 0.15) is 6.92 Å². The summed E-state index contributed by atoms with van der Waals surface area (Å²) in [4.78, 5) is 4.48. The normalized spacial score (nSPS) is 10.5. The van der Waals surface area contributed by atoms with E-state index in [0.29, 0.717) is 11.6 Å². The Hall–Kier alpha value is -1.15. The molecule has 20 heavy (non-hydrogen) atoms. The number of rotatable bonds is 2. The Morgan fingerprint density at radius 2 is 2.10 bits per heavy atom. The van der Waals surface area contributed by atoms with Crippen LogP contribution < -0.4 is 34.3 Å². The van der Waals surface area contributed by atoms with Crippen molar-refractivity contribution < 1.29 is 33.0 Å². The summed E-state index contributed by atoms with van der Waals surface area (Å²) in [5.74, 6) is 0.601. The number of hydrogen-bond donors (Lipinski definition) is 1. The van der Waals surface area contributed by atoms with Crippen molar-refractivity contribution in [2.45, 2.75) is 13.5 Å². The highest BCUT2D eigenvalue weighted by Crippen LogP contribution is 2.26. The van der Waals surface area contributed by atoms with E-state index in [9.17, 15) is 0 Å². The molecule has 0 amide bonds. The number of anilines is 1. The van der Waals surface area contributed by atoms with E-state index in [4.69, 9.17) is 10.2 Å². The molecule has 0 aliphatic rings. The molecule has 0 saturated carbocycles. The van der Waals surface area contributed by atoms with Gasteiger partial charge in [-0.3, -0.25) is 0 Å². The van der Waals surface area contributed by atoms with E-state index in [2.05, 4.69) is 32.4 Å². The monoisotopic (exact) mass is 445 g/mol. The predicted octanol–water partition coefficient (Wildman–Crippen LogP) is 0.151. The lowest BCUT2D eigenvalue weighted by Crippen LogP contribution is -3.00. The van der Waals surface area contributed by atoms with Crippen LogP contribution in [0.15, 0.2) is 45.5 Å². The Bertz CT molecular complexity index is 757. The quantitative estimate of drug-likeness (QED) is 0.347. The zero-order valence-electron chi connectivity index (χ0n) is 10.8. The van der Waals surface area contributed by atoms with Gasteiger partial charge >= 0.3 is 0 Å². The summed E-state index contributed by atoms with van der Waals surface area (Å²) in [6, 6.07) is 7.45. The fourth-order valence-electron chi connectivity index (χ4n) is 1.96. The zero-order valence-corrected chi connectivity index (χ0v) is 14.6. The summed E-state index contributed by atoms with van der Waals surface area (Å²) in [7, 11) is 0. The van der Waals surface area contributed by atoms with Gasteiger partial charge in [-0.15, -0.1) is 0 Å². The lowest BCUT2D eigenvalue weighted by Gasteiger charge is -1.96. The number of benzene rings is 1. The van der Waals surface area contributed by atoms with Gasteiger partial charge in [0.25, 0.3) is 0 Å². The van der Waals surface area contributed by atoms with Crippen molar-refractivity contribution in [2.75, 3.05) is 5.73 Å². The molecule has 3 aromatic rings. The molecule has 3 rings (SSSR count). The topological polar surface area (TPSA) is 55.9 Å². The standard InChI is InChI=1S/C14H13BrN3O.HI/c1-2-18-7-9(5-10(15)8-18)14-17-12-6-11(16)3-4-13(12)19-14;/h3-8H,2,16H2,1H3;1H/q+1;/p-1. The number of nitrogens with zero attached hydrogens (tertiary/aromatic N) is 2. The van der Waals surface area contributed by atoms with Crippen molar-refractivity contribution >= 4 is 32.7 Å². The lowest BCUT2D eigenvalue weighted by molar-refractivity contribution is -0.693. The van der Waals surface area contributed by atoms with Crippen LogP contribution in [0.3, 0.4) is 0 Å². The third-order valence-corrected chi connectivity index (χ3v) is 3.34.